The largest absolute Gasteiger partial charge is 0.442 e. The van der Waals surface area contributed by atoms with Crippen LogP contribution in [0.4, 0.5) is 10.5 Å². The first-order valence-corrected chi connectivity index (χ1v) is 6.08. The van der Waals surface area contributed by atoms with E-state index >= 15 is 0 Å². The van der Waals surface area contributed by atoms with Crippen LogP contribution in [-0.2, 0) is 4.74 Å². The number of rotatable bonds is 2. The number of fused-ring (bicyclic) bond motifs is 1. The van der Waals surface area contributed by atoms with Crippen LogP contribution in [0.1, 0.15) is 31.3 Å². The zero-order chi connectivity index (χ0) is 15.8. The van der Waals surface area contributed by atoms with E-state index in [2.05, 4.69) is 5.10 Å². The molecule has 0 saturated carbocycles. The van der Waals surface area contributed by atoms with Crippen molar-refractivity contribution in [3.8, 4) is 0 Å². The third kappa shape index (κ3) is 2.88. The lowest BCUT2D eigenvalue weighted by Crippen LogP contribution is -2.27. The van der Waals surface area contributed by atoms with Crippen LogP contribution in [0, 0.1) is 10.1 Å². The summed E-state index contributed by atoms with van der Waals surface area (Å²) in [5.74, 6) is 0. The van der Waals surface area contributed by atoms with Gasteiger partial charge in [0, 0.05) is 17.5 Å². The number of benzene rings is 1. The summed E-state index contributed by atoms with van der Waals surface area (Å²) in [7, 11) is 0. The van der Waals surface area contributed by atoms with Gasteiger partial charge in [0.15, 0.2) is 6.29 Å². The van der Waals surface area contributed by atoms with Gasteiger partial charge in [0.2, 0.25) is 0 Å². The molecule has 8 heteroatoms. The highest BCUT2D eigenvalue weighted by Crippen LogP contribution is 2.24. The monoisotopic (exact) mass is 291 g/mol. The second-order valence-electron chi connectivity index (χ2n) is 5.35. The Morgan fingerprint density at radius 3 is 2.62 bits per heavy atom. The average molecular weight is 291 g/mol. The smallest absolute Gasteiger partial charge is 0.435 e. The Morgan fingerprint density at radius 1 is 1.43 bits per heavy atom. The molecule has 0 aliphatic carbocycles. The lowest BCUT2D eigenvalue weighted by Gasteiger charge is -2.19. The van der Waals surface area contributed by atoms with E-state index in [-0.39, 0.29) is 16.9 Å². The molecule has 110 valence electrons. The number of carbonyl (C=O) groups excluding carboxylic acids is 2. The third-order valence-electron chi connectivity index (χ3n) is 2.58. The van der Waals surface area contributed by atoms with E-state index in [9.17, 15) is 19.7 Å². The maximum Gasteiger partial charge on any atom is 0.435 e. The normalized spacial score (nSPS) is 11.4. The predicted molar refractivity (Wildman–Crippen MR) is 73.4 cm³/mol. The van der Waals surface area contributed by atoms with Crippen LogP contribution in [0.15, 0.2) is 18.2 Å². The fourth-order valence-electron chi connectivity index (χ4n) is 1.77. The molecule has 2 aromatic rings. The van der Waals surface area contributed by atoms with Gasteiger partial charge in [0.25, 0.3) is 5.69 Å². The van der Waals surface area contributed by atoms with Crippen LogP contribution >= 0.6 is 0 Å². The maximum absolute atomic E-state index is 12.1. The van der Waals surface area contributed by atoms with E-state index in [4.69, 9.17) is 4.74 Å². The molecule has 0 N–H and O–H groups in total. The summed E-state index contributed by atoms with van der Waals surface area (Å²) in [5, 5.41) is 15.0. The van der Waals surface area contributed by atoms with E-state index in [1.54, 1.807) is 20.8 Å². The van der Waals surface area contributed by atoms with Crippen molar-refractivity contribution >= 4 is 29.0 Å². The fraction of sp³-hybridized carbons (Fsp3) is 0.308. The Morgan fingerprint density at radius 2 is 2.10 bits per heavy atom. The van der Waals surface area contributed by atoms with Crippen molar-refractivity contribution in [2.24, 2.45) is 0 Å². The molecule has 0 saturated heterocycles. The summed E-state index contributed by atoms with van der Waals surface area (Å²) in [6.45, 7) is 5.04. The molecule has 1 heterocycles. The lowest BCUT2D eigenvalue weighted by molar-refractivity contribution is -0.384. The van der Waals surface area contributed by atoms with Crippen LogP contribution in [-0.4, -0.2) is 32.7 Å². The Kier molecular flexibility index (Phi) is 3.46. The summed E-state index contributed by atoms with van der Waals surface area (Å²) in [6, 6.07) is 3.81. The van der Waals surface area contributed by atoms with Gasteiger partial charge in [0.1, 0.15) is 11.3 Å². The molecule has 0 atom stereocenters. The summed E-state index contributed by atoms with van der Waals surface area (Å²) in [6.07, 6.45) is -0.323. The quantitative estimate of drug-likeness (QED) is 0.478. The highest BCUT2D eigenvalue weighted by Gasteiger charge is 2.23. The number of hydrogen-bond acceptors (Lipinski definition) is 6. The molecule has 1 aromatic carbocycles. The van der Waals surface area contributed by atoms with Crippen molar-refractivity contribution in [3.63, 3.8) is 0 Å². The summed E-state index contributed by atoms with van der Waals surface area (Å²) < 4.78 is 6.02. The highest BCUT2D eigenvalue weighted by molar-refractivity contribution is 5.99. The van der Waals surface area contributed by atoms with Gasteiger partial charge in [-0.05, 0) is 26.8 Å². The number of non-ortho nitro benzene ring substituents is 1. The Hall–Kier alpha value is -2.77. The highest BCUT2D eigenvalue weighted by atomic mass is 16.6. The molecule has 21 heavy (non-hydrogen) atoms. The van der Waals surface area contributed by atoms with Crippen molar-refractivity contribution in [2.75, 3.05) is 0 Å². The molecule has 2 rings (SSSR count). The van der Waals surface area contributed by atoms with E-state index in [1.807, 2.05) is 0 Å². The number of carbonyl (C=O) groups is 2. The molecule has 0 fully saturated rings. The van der Waals surface area contributed by atoms with E-state index in [0.29, 0.717) is 11.7 Å². The van der Waals surface area contributed by atoms with Gasteiger partial charge in [-0.1, -0.05) is 0 Å². The average Bonchev–Trinajstić information content (AvgIpc) is 2.74. The number of nitro groups is 1. The van der Waals surface area contributed by atoms with Gasteiger partial charge in [-0.25, -0.2) is 4.79 Å². The van der Waals surface area contributed by atoms with E-state index in [0.717, 1.165) is 4.68 Å². The van der Waals surface area contributed by atoms with Crippen molar-refractivity contribution in [1.29, 1.82) is 0 Å². The van der Waals surface area contributed by atoms with Gasteiger partial charge < -0.3 is 4.74 Å². The van der Waals surface area contributed by atoms with Crippen LogP contribution in [0.2, 0.25) is 0 Å². The number of hydrogen-bond donors (Lipinski definition) is 0. The first-order chi connectivity index (χ1) is 9.73. The standard InChI is InChI=1S/C13H13N3O5/c1-13(2,3)21-12(18)15-11-6-8(16(19)20)4-5-9(11)10(7-17)14-15/h4-7H,1-3H3. The zero-order valence-electron chi connectivity index (χ0n) is 11.7. The molecule has 0 aliphatic rings. The fourth-order valence-corrected chi connectivity index (χ4v) is 1.77. The Labute approximate surface area is 119 Å². The third-order valence-corrected chi connectivity index (χ3v) is 2.58. The minimum atomic E-state index is -0.805. The molecule has 1 aromatic heterocycles. The molecule has 0 radical (unpaired) electrons. The maximum atomic E-state index is 12.1. The van der Waals surface area contributed by atoms with Gasteiger partial charge in [-0.15, -0.1) is 0 Å². The van der Waals surface area contributed by atoms with Gasteiger partial charge in [0.05, 0.1) is 10.4 Å². The number of aldehydes is 1. The van der Waals surface area contributed by atoms with Crippen molar-refractivity contribution in [3.05, 3.63) is 34.0 Å². The molecular weight excluding hydrogens is 278 g/mol. The van der Waals surface area contributed by atoms with Crippen LogP contribution in [0.25, 0.3) is 10.9 Å². The summed E-state index contributed by atoms with van der Waals surface area (Å²) in [5.41, 5.74) is -0.784. The topological polar surface area (TPSA) is 104 Å². The SMILES string of the molecule is CC(C)(C)OC(=O)n1nc(C=O)c2ccc([N+](=O)[O-])cc21. The number of nitrogens with zero attached hydrogens (tertiary/aromatic N) is 3. The molecule has 0 aliphatic heterocycles. The number of aromatic nitrogens is 2. The second-order valence-corrected chi connectivity index (χ2v) is 5.35. The molecule has 0 spiro atoms. The zero-order valence-corrected chi connectivity index (χ0v) is 11.7. The first-order valence-electron chi connectivity index (χ1n) is 6.08. The van der Waals surface area contributed by atoms with Gasteiger partial charge >= 0.3 is 6.09 Å². The van der Waals surface area contributed by atoms with Crippen LogP contribution in [0.5, 0.6) is 0 Å². The molecule has 0 bridgehead atoms. The van der Waals surface area contributed by atoms with Crippen molar-refractivity contribution < 1.29 is 19.2 Å². The molecule has 8 nitrogen and oxygen atoms in total. The lowest BCUT2D eigenvalue weighted by atomic mass is 10.2. The minimum absolute atomic E-state index is 0.0192. The predicted octanol–water partition coefficient (Wildman–Crippen LogP) is 2.54. The number of ether oxygens (including phenoxy) is 1. The van der Waals surface area contributed by atoms with Crippen molar-refractivity contribution in [2.45, 2.75) is 26.4 Å². The Bertz CT molecular complexity index is 742. The van der Waals surface area contributed by atoms with Gasteiger partial charge in [-0.3, -0.25) is 14.9 Å². The van der Waals surface area contributed by atoms with Crippen molar-refractivity contribution in [1.82, 2.24) is 9.78 Å². The second kappa shape index (κ2) is 4.97. The summed E-state index contributed by atoms with van der Waals surface area (Å²) in [4.78, 5) is 33.3. The molecular formula is C13H13N3O5. The molecule has 0 unspecified atom stereocenters. The summed E-state index contributed by atoms with van der Waals surface area (Å²) >= 11 is 0. The van der Waals surface area contributed by atoms with Crippen LogP contribution in [0.3, 0.4) is 0 Å². The number of nitro benzene ring substituents is 1. The molecule has 0 amide bonds. The van der Waals surface area contributed by atoms with E-state index in [1.165, 1.54) is 18.2 Å². The Balaban J connectivity index is 2.62. The first kappa shape index (κ1) is 14.6. The van der Waals surface area contributed by atoms with Gasteiger partial charge in [-0.2, -0.15) is 9.78 Å². The van der Waals surface area contributed by atoms with E-state index < -0.39 is 16.6 Å². The minimum Gasteiger partial charge on any atom is -0.442 e. The van der Waals surface area contributed by atoms with Crippen LogP contribution < -0.4 is 0 Å².